The van der Waals surface area contributed by atoms with Gasteiger partial charge in [0.15, 0.2) is 0 Å². The number of nitrogens with zero attached hydrogens (tertiary/aromatic N) is 1. The van der Waals surface area contributed by atoms with Crippen LogP contribution in [0.15, 0.2) is 24.3 Å². The number of likely N-dealkylation sites (tertiary alicyclic amines) is 1. The van der Waals surface area contributed by atoms with E-state index in [-0.39, 0.29) is 18.7 Å². The lowest BCUT2D eigenvalue weighted by molar-refractivity contribution is -0.138. The minimum Gasteiger partial charge on any atom is -0.426 e. The molecule has 5 N–H and O–H groups in total. The average Bonchev–Trinajstić information content (AvgIpc) is 3.21. The van der Waals surface area contributed by atoms with Gasteiger partial charge in [0, 0.05) is 13.0 Å². The van der Waals surface area contributed by atoms with Crippen LogP contribution >= 0.6 is 0 Å². The van der Waals surface area contributed by atoms with Gasteiger partial charge in [-0.1, -0.05) is 24.6 Å². The zero-order valence-electron chi connectivity index (χ0n) is 17.3. The van der Waals surface area contributed by atoms with Crippen molar-refractivity contribution in [1.82, 2.24) is 10.2 Å². The van der Waals surface area contributed by atoms with Crippen molar-refractivity contribution in [3.05, 3.63) is 35.4 Å². The Bertz CT molecular complexity index is 749. The Morgan fingerprint density at radius 2 is 2.03 bits per heavy atom. The van der Waals surface area contributed by atoms with E-state index >= 15 is 0 Å². The molecule has 7 nitrogen and oxygen atoms in total. The average molecular weight is 443 g/mol. The highest BCUT2D eigenvalue weighted by Crippen LogP contribution is 2.30. The predicted molar refractivity (Wildman–Crippen MR) is 110 cm³/mol. The van der Waals surface area contributed by atoms with Gasteiger partial charge >= 0.3 is 13.3 Å². The Hall–Kier alpha value is -2.11. The maximum Gasteiger partial charge on any atom is 0.475 e. The number of benzene rings is 1. The summed E-state index contributed by atoms with van der Waals surface area (Å²) in [6.45, 7) is 0.831. The normalized spacial score (nSPS) is 17.5. The van der Waals surface area contributed by atoms with Gasteiger partial charge in [-0.3, -0.25) is 9.59 Å². The van der Waals surface area contributed by atoms with Crippen LogP contribution in [0, 0.1) is 0 Å². The molecule has 0 aliphatic carbocycles. The Balaban J connectivity index is 1.94. The second-order valence-corrected chi connectivity index (χ2v) is 7.76. The summed E-state index contributed by atoms with van der Waals surface area (Å²) in [6.07, 6.45) is -1.64. The van der Waals surface area contributed by atoms with Crippen molar-refractivity contribution in [3.8, 4) is 0 Å². The van der Waals surface area contributed by atoms with Gasteiger partial charge in [0.1, 0.15) is 6.04 Å². The summed E-state index contributed by atoms with van der Waals surface area (Å²) in [5.41, 5.74) is 5.06. The third-order valence-corrected chi connectivity index (χ3v) is 5.41. The molecule has 1 aliphatic rings. The van der Waals surface area contributed by atoms with Gasteiger partial charge in [-0.2, -0.15) is 13.2 Å². The zero-order chi connectivity index (χ0) is 23.0. The summed E-state index contributed by atoms with van der Waals surface area (Å²) in [5.74, 6) is -1.64. The quantitative estimate of drug-likeness (QED) is 0.321. The largest absolute Gasteiger partial charge is 0.475 e. The molecule has 0 spiro atoms. The predicted octanol–water partition coefficient (Wildman–Crippen LogP) is 1.25. The van der Waals surface area contributed by atoms with Gasteiger partial charge in [0.2, 0.25) is 11.8 Å². The number of alkyl halides is 3. The fourth-order valence-corrected chi connectivity index (χ4v) is 3.72. The molecule has 1 aliphatic heterocycles. The number of unbranched alkanes of at least 4 members (excludes halogenated alkanes) is 1. The summed E-state index contributed by atoms with van der Waals surface area (Å²) in [5, 5.41) is 21.6. The van der Waals surface area contributed by atoms with Crippen LogP contribution in [0.4, 0.5) is 13.2 Å². The number of rotatable bonds is 10. The van der Waals surface area contributed by atoms with E-state index in [9.17, 15) is 32.8 Å². The number of hydrogen-bond acceptors (Lipinski definition) is 5. The monoisotopic (exact) mass is 443 g/mol. The van der Waals surface area contributed by atoms with Crippen LogP contribution in [0.5, 0.6) is 0 Å². The van der Waals surface area contributed by atoms with Gasteiger partial charge in [0.05, 0.1) is 11.5 Å². The Morgan fingerprint density at radius 3 is 2.68 bits per heavy atom. The lowest BCUT2D eigenvalue weighted by atomic mass is 9.76. The molecule has 2 atom stereocenters. The molecule has 0 bridgehead atoms. The lowest BCUT2D eigenvalue weighted by Gasteiger charge is -2.26. The summed E-state index contributed by atoms with van der Waals surface area (Å²) in [4.78, 5) is 26.7. The number of carbonyl (C=O) groups is 2. The van der Waals surface area contributed by atoms with E-state index in [2.05, 4.69) is 5.32 Å². The number of aryl methyl sites for hydroxylation is 1. The van der Waals surface area contributed by atoms with E-state index in [1.54, 1.807) is 0 Å². The van der Waals surface area contributed by atoms with Crippen molar-refractivity contribution >= 4 is 18.9 Å². The minimum atomic E-state index is -4.45. The maximum absolute atomic E-state index is 12.8. The summed E-state index contributed by atoms with van der Waals surface area (Å²) in [6, 6.07) is 4.11. The van der Waals surface area contributed by atoms with Crippen molar-refractivity contribution in [2.45, 2.75) is 63.1 Å². The van der Waals surface area contributed by atoms with Crippen molar-refractivity contribution in [2.24, 2.45) is 5.73 Å². The van der Waals surface area contributed by atoms with Crippen LogP contribution in [0.25, 0.3) is 0 Å². The smallest absolute Gasteiger partial charge is 0.426 e. The fraction of sp³-hybridized carbons (Fsp3) is 0.600. The van der Waals surface area contributed by atoms with Crippen LogP contribution in [0.1, 0.15) is 49.7 Å². The Kier molecular flexibility index (Phi) is 9.33. The van der Waals surface area contributed by atoms with Crippen LogP contribution in [0.2, 0.25) is 0 Å². The molecular formula is C20H29BF3N3O4. The Morgan fingerprint density at radius 1 is 1.29 bits per heavy atom. The van der Waals surface area contributed by atoms with Crippen LogP contribution in [0.3, 0.4) is 0 Å². The molecule has 1 fully saturated rings. The molecule has 1 aromatic carbocycles. The van der Waals surface area contributed by atoms with Crippen LogP contribution < -0.4 is 11.1 Å². The molecule has 172 valence electrons. The molecule has 2 amide bonds. The van der Waals surface area contributed by atoms with Crippen molar-refractivity contribution in [1.29, 1.82) is 0 Å². The first-order chi connectivity index (χ1) is 14.6. The maximum atomic E-state index is 12.8. The molecule has 0 unspecified atom stereocenters. The van der Waals surface area contributed by atoms with Gasteiger partial charge in [-0.05, 0) is 50.3 Å². The standard InChI is InChI=1S/C20H29BF3N3O4/c22-20(23,24)15-6-3-5-14(13-15)9-10-18(28)27-12-4-7-16(27)19(29)26-17(21(30)31)8-1-2-11-25/h3,5-6,13,16-17,30-31H,1-2,4,7-12,25H2,(H,26,29)/t16-,17-/m0/s1. The zero-order valence-corrected chi connectivity index (χ0v) is 17.3. The van der Waals surface area contributed by atoms with Crippen molar-refractivity contribution in [3.63, 3.8) is 0 Å². The van der Waals surface area contributed by atoms with E-state index in [0.29, 0.717) is 50.8 Å². The van der Waals surface area contributed by atoms with Gasteiger partial charge in [-0.25, -0.2) is 0 Å². The molecule has 1 saturated heterocycles. The lowest BCUT2D eigenvalue weighted by Crippen LogP contribution is -2.53. The van der Waals surface area contributed by atoms with E-state index in [4.69, 9.17) is 5.73 Å². The number of nitrogens with two attached hydrogens (primary N) is 1. The summed E-state index contributed by atoms with van der Waals surface area (Å²) >= 11 is 0. The number of hydrogen-bond donors (Lipinski definition) is 4. The summed E-state index contributed by atoms with van der Waals surface area (Å²) < 4.78 is 38.5. The van der Waals surface area contributed by atoms with Crippen molar-refractivity contribution in [2.75, 3.05) is 13.1 Å². The third-order valence-electron chi connectivity index (χ3n) is 5.41. The first kappa shape index (κ1) is 25.2. The van der Waals surface area contributed by atoms with E-state index in [1.165, 1.54) is 17.0 Å². The van der Waals surface area contributed by atoms with Crippen molar-refractivity contribution < 1.29 is 32.8 Å². The molecule has 2 rings (SSSR count). The SMILES string of the molecule is NCCCC[C@H](NC(=O)[C@@H]1CCCN1C(=O)CCc1cccc(C(F)(F)F)c1)B(O)O. The Labute approximate surface area is 179 Å². The van der Waals surface area contributed by atoms with Crippen LogP contribution in [-0.4, -0.2) is 59.0 Å². The van der Waals surface area contributed by atoms with E-state index < -0.39 is 36.7 Å². The second-order valence-electron chi connectivity index (χ2n) is 7.76. The fourth-order valence-electron chi connectivity index (χ4n) is 3.72. The highest BCUT2D eigenvalue weighted by Gasteiger charge is 2.36. The molecular weight excluding hydrogens is 414 g/mol. The first-order valence-electron chi connectivity index (χ1n) is 10.5. The van der Waals surface area contributed by atoms with Gasteiger partial charge in [-0.15, -0.1) is 0 Å². The molecule has 11 heteroatoms. The van der Waals surface area contributed by atoms with Crippen LogP contribution in [-0.2, 0) is 22.2 Å². The molecule has 0 aromatic heterocycles. The second kappa shape index (κ2) is 11.5. The third kappa shape index (κ3) is 7.51. The number of nitrogens with one attached hydrogen (secondary N) is 1. The minimum absolute atomic E-state index is 0.0202. The summed E-state index contributed by atoms with van der Waals surface area (Å²) in [7, 11) is -1.73. The van der Waals surface area contributed by atoms with Gasteiger partial charge < -0.3 is 26.0 Å². The molecule has 31 heavy (non-hydrogen) atoms. The topological polar surface area (TPSA) is 116 Å². The van der Waals surface area contributed by atoms with Gasteiger partial charge in [0.25, 0.3) is 0 Å². The first-order valence-corrected chi connectivity index (χ1v) is 10.5. The number of amides is 2. The van der Waals surface area contributed by atoms with E-state index in [0.717, 1.165) is 12.1 Å². The molecule has 0 radical (unpaired) electrons. The molecule has 1 heterocycles. The van der Waals surface area contributed by atoms with E-state index in [1.807, 2.05) is 0 Å². The molecule has 1 aromatic rings. The number of carbonyl (C=O) groups excluding carboxylic acids is 2. The number of halogens is 3. The highest BCUT2D eigenvalue weighted by molar-refractivity contribution is 6.43. The molecule has 0 saturated carbocycles. The highest BCUT2D eigenvalue weighted by atomic mass is 19.4.